The molecule has 2 heterocycles. The van der Waals surface area contributed by atoms with Crippen molar-refractivity contribution in [3.05, 3.63) is 41.9 Å². The molecular weight excluding hydrogens is 344 g/mol. The molecule has 2 aromatic heterocycles. The standard InChI is InChI=1S/C19H24N6O2/c1-12-8-14(3)25(24-12)11-13(2)21-19-22-17(10-20-23-19)16-7-6-15(26-4)9-18(16)27-5/h6-10,13H,11H2,1-5H3,(H,21,22,23). The van der Waals surface area contributed by atoms with Crippen LogP contribution in [0.25, 0.3) is 11.3 Å². The predicted molar refractivity (Wildman–Crippen MR) is 103 cm³/mol. The van der Waals surface area contributed by atoms with E-state index in [2.05, 4.69) is 38.6 Å². The van der Waals surface area contributed by atoms with E-state index in [1.165, 1.54) is 0 Å². The molecule has 8 heteroatoms. The summed E-state index contributed by atoms with van der Waals surface area (Å²) < 4.78 is 12.7. The van der Waals surface area contributed by atoms with Crippen LogP contribution >= 0.6 is 0 Å². The van der Waals surface area contributed by atoms with Gasteiger partial charge in [0.2, 0.25) is 5.95 Å². The van der Waals surface area contributed by atoms with Crippen LogP contribution in [0, 0.1) is 13.8 Å². The van der Waals surface area contributed by atoms with E-state index in [4.69, 9.17) is 9.47 Å². The van der Waals surface area contributed by atoms with Gasteiger partial charge in [-0.15, -0.1) is 5.10 Å². The smallest absolute Gasteiger partial charge is 0.243 e. The van der Waals surface area contributed by atoms with Gasteiger partial charge in [-0.25, -0.2) is 4.98 Å². The molecule has 3 aromatic rings. The lowest BCUT2D eigenvalue weighted by molar-refractivity contribution is 0.395. The van der Waals surface area contributed by atoms with Crippen molar-refractivity contribution < 1.29 is 9.47 Å². The molecule has 3 rings (SSSR count). The van der Waals surface area contributed by atoms with Gasteiger partial charge in [-0.05, 0) is 39.0 Å². The quantitative estimate of drug-likeness (QED) is 0.686. The number of methoxy groups -OCH3 is 2. The Balaban J connectivity index is 1.78. The van der Waals surface area contributed by atoms with Crippen molar-refractivity contribution in [2.75, 3.05) is 19.5 Å². The van der Waals surface area contributed by atoms with Gasteiger partial charge in [-0.3, -0.25) is 4.68 Å². The maximum Gasteiger partial charge on any atom is 0.243 e. The molecule has 1 atom stereocenters. The fraction of sp³-hybridized carbons (Fsp3) is 0.368. The summed E-state index contributed by atoms with van der Waals surface area (Å²) in [6.45, 7) is 6.79. The lowest BCUT2D eigenvalue weighted by atomic mass is 10.1. The normalized spacial score (nSPS) is 11.9. The molecule has 0 spiro atoms. The second-order valence-electron chi connectivity index (χ2n) is 6.39. The molecule has 0 aliphatic rings. The van der Waals surface area contributed by atoms with E-state index in [1.54, 1.807) is 20.4 Å². The first kappa shape index (κ1) is 18.6. The molecule has 0 amide bonds. The fourth-order valence-electron chi connectivity index (χ4n) is 2.89. The van der Waals surface area contributed by atoms with Gasteiger partial charge in [0, 0.05) is 23.4 Å². The fourth-order valence-corrected chi connectivity index (χ4v) is 2.89. The number of hydrogen-bond donors (Lipinski definition) is 1. The number of rotatable bonds is 7. The van der Waals surface area contributed by atoms with Crippen LogP contribution in [0.1, 0.15) is 18.3 Å². The first-order valence-electron chi connectivity index (χ1n) is 8.70. The topological polar surface area (TPSA) is 87.0 Å². The lowest BCUT2D eigenvalue weighted by Gasteiger charge is -2.15. The lowest BCUT2D eigenvalue weighted by Crippen LogP contribution is -2.24. The number of aromatic nitrogens is 5. The van der Waals surface area contributed by atoms with Gasteiger partial charge in [0.05, 0.1) is 38.3 Å². The van der Waals surface area contributed by atoms with Crippen LogP contribution in [-0.2, 0) is 6.54 Å². The molecule has 27 heavy (non-hydrogen) atoms. The molecule has 0 saturated heterocycles. The average molecular weight is 368 g/mol. The summed E-state index contributed by atoms with van der Waals surface area (Å²) in [6.07, 6.45) is 1.61. The van der Waals surface area contributed by atoms with Gasteiger partial charge >= 0.3 is 0 Å². The number of nitrogens with one attached hydrogen (secondary N) is 1. The van der Waals surface area contributed by atoms with Crippen molar-refractivity contribution in [3.63, 3.8) is 0 Å². The van der Waals surface area contributed by atoms with Gasteiger partial charge < -0.3 is 14.8 Å². The van der Waals surface area contributed by atoms with E-state index >= 15 is 0 Å². The minimum absolute atomic E-state index is 0.0813. The third-order valence-corrected chi connectivity index (χ3v) is 4.17. The highest BCUT2D eigenvalue weighted by atomic mass is 16.5. The van der Waals surface area contributed by atoms with Crippen LogP contribution in [0.5, 0.6) is 11.5 Å². The van der Waals surface area contributed by atoms with Crippen LogP contribution in [0.15, 0.2) is 30.5 Å². The molecule has 142 valence electrons. The second-order valence-corrected chi connectivity index (χ2v) is 6.39. The second kappa shape index (κ2) is 8.03. The molecule has 1 N–H and O–H groups in total. The molecule has 0 aliphatic heterocycles. The van der Waals surface area contributed by atoms with E-state index in [-0.39, 0.29) is 6.04 Å². The van der Waals surface area contributed by atoms with Crippen molar-refractivity contribution >= 4 is 5.95 Å². The third kappa shape index (κ3) is 4.33. The largest absolute Gasteiger partial charge is 0.497 e. The Labute approximate surface area is 158 Å². The van der Waals surface area contributed by atoms with Gasteiger partial charge in [-0.2, -0.15) is 10.2 Å². The van der Waals surface area contributed by atoms with E-state index in [1.807, 2.05) is 36.7 Å². The summed E-state index contributed by atoms with van der Waals surface area (Å²) >= 11 is 0. The summed E-state index contributed by atoms with van der Waals surface area (Å²) in [5.74, 6) is 1.84. The van der Waals surface area contributed by atoms with Crippen molar-refractivity contribution in [3.8, 4) is 22.8 Å². The zero-order valence-electron chi connectivity index (χ0n) is 16.2. The van der Waals surface area contributed by atoms with Crippen LogP contribution in [0.3, 0.4) is 0 Å². The van der Waals surface area contributed by atoms with Crippen molar-refractivity contribution in [2.45, 2.75) is 33.4 Å². The minimum Gasteiger partial charge on any atom is -0.497 e. The van der Waals surface area contributed by atoms with Crippen LogP contribution in [0.2, 0.25) is 0 Å². The predicted octanol–water partition coefficient (Wildman–Crippen LogP) is 2.87. The molecular formula is C19H24N6O2. The van der Waals surface area contributed by atoms with Crippen LogP contribution in [-0.4, -0.2) is 45.2 Å². The van der Waals surface area contributed by atoms with Crippen molar-refractivity contribution in [1.82, 2.24) is 25.0 Å². The van der Waals surface area contributed by atoms with E-state index in [0.717, 1.165) is 22.7 Å². The highest BCUT2D eigenvalue weighted by molar-refractivity contribution is 5.68. The Morgan fingerprint density at radius 2 is 1.96 bits per heavy atom. The minimum atomic E-state index is 0.0813. The average Bonchev–Trinajstić information content (AvgIpc) is 2.98. The SMILES string of the molecule is COc1ccc(-c2cnnc(NC(C)Cn3nc(C)cc3C)n2)c(OC)c1. The van der Waals surface area contributed by atoms with Crippen LogP contribution in [0.4, 0.5) is 5.95 Å². The van der Waals surface area contributed by atoms with E-state index < -0.39 is 0 Å². The molecule has 1 aromatic carbocycles. The van der Waals surface area contributed by atoms with Crippen molar-refractivity contribution in [2.24, 2.45) is 0 Å². The molecule has 0 radical (unpaired) electrons. The summed E-state index contributed by atoms with van der Waals surface area (Å²) in [6, 6.07) is 7.71. The first-order valence-corrected chi connectivity index (χ1v) is 8.70. The molecule has 0 aliphatic carbocycles. The first-order chi connectivity index (χ1) is 13.0. The Kier molecular flexibility index (Phi) is 5.54. The summed E-state index contributed by atoms with van der Waals surface area (Å²) in [5.41, 5.74) is 3.62. The Hall–Kier alpha value is -3.16. The number of nitrogens with zero attached hydrogens (tertiary/aromatic N) is 5. The number of anilines is 1. The summed E-state index contributed by atoms with van der Waals surface area (Å²) in [5, 5.41) is 15.9. The van der Waals surface area contributed by atoms with Gasteiger partial charge in [0.15, 0.2) is 0 Å². The highest BCUT2D eigenvalue weighted by Crippen LogP contribution is 2.32. The third-order valence-electron chi connectivity index (χ3n) is 4.17. The van der Waals surface area contributed by atoms with Gasteiger partial charge in [0.1, 0.15) is 11.5 Å². The number of ether oxygens (including phenoxy) is 2. The highest BCUT2D eigenvalue weighted by Gasteiger charge is 2.13. The molecule has 0 saturated carbocycles. The Bertz CT molecular complexity index is 924. The zero-order chi connectivity index (χ0) is 19.4. The van der Waals surface area contributed by atoms with E-state index in [0.29, 0.717) is 23.9 Å². The molecule has 8 nitrogen and oxygen atoms in total. The Morgan fingerprint density at radius 1 is 1.15 bits per heavy atom. The maximum absolute atomic E-state index is 5.46. The van der Waals surface area contributed by atoms with E-state index in [9.17, 15) is 0 Å². The van der Waals surface area contributed by atoms with Gasteiger partial charge in [0.25, 0.3) is 0 Å². The number of benzene rings is 1. The number of hydrogen-bond acceptors (Lipinski definition) is 7. The summed E-state index contributed by atoms with van der Waals surface area (Å²) in [4.78, 5) is 4.58. The summed E-state index contributed by atoms with van der Waals surface area (Å²) in [7, 11) is 3.23. The van der Waals surface area contributed by atoms with Gasteiger partial charge in [-0.1, -0.05) is 0 Å². The monoisotopic (exact) mass is 368 g/mol. The zero-order valence-corrected chi connectivity index (χ0v) is 16.2. The maximum atomic E-state index is 5.46. The molecule has 0 fully saturated rings. The molecule has 0 bridgehead atoms. The van der Waals surface area contributed by atoms with Crippen LogP contribution < -0.4 is 14.8 Å². The Morgan fingerprint density at radius 3 is 2.63 bits per heavy atom. The number of aryl methyl sites for hydroxylation is 2. The molecule has 1 unspecified atom stereocenters. The van der Waals surface area contributed by atoms with Crippen molar-refractivity contribution in [1.29, 1.82) is 0 Å².